The van der Waals surface area contributed by atoms with E-state index in [4.69, 9.17) is 4.74 Å². The SMILES string of the molecule is CC1(C)CCC2=C(O1)c1ccc(S)cc1C(=O)C2=O. The van der Waals surface area contributed by atoms with Crippen LogP contribution in [-0.2, 0) is 9.53 Å². The van der Waals surface area contributed by atoms with Crippen LogP contribution in [0.15, 0.2) is 28.7 Å². The predicted molar refractivity (Wildman–Crippen MR) is 74.3 cm³/mol. The van der Waals surface area contributed by atoms with Gasteiger partial charge in [0.15, 0.2) is 0 Å². The number of benzene rings is 1. The van der Waals surface area contributed by atoms with E-state index in [9.17, 15) is 9.59 Å². The molecule has 0 unspecified atom stereocenters. The second-order valence-electron chi connectivity index (χ2n) is 5.56. The number of Topliss-reactive ketones (excluding diaryl/α,β-unsaturated/α-hetero) is 2. The third-order valence-corrected chi connectivity index (χ3v) is 3.88. The molecule has 0 radical (unpaired) electrons. The summed E-state index contributed by atoms with van der Waals surface area (Å²) in [5, 5.41) is 0. The van der Waals surface area contributed by atoms with Crippen LogP contribution >= 0.6 is 12.6 Å². The molecular weight excluding hydrogens is 260 g/mol. The highest BCUT2D eigenvalue weighted by Crippen LogP contribution is 2.41. The van der Waals surface area contributed by atoms with Crippen molar-refractivity contribution in [3.8, 4) is 0 Å². The van der Waals surface area contributed by atoms with Gasteiger partial charge in [-0.25, -0.2) is 0 Å². The molecule has 1 aliphatic heterocycles. The number of carbonyl (C=O) groups is 2. The molecule has 0 amide bonds. The quantitative estimate of drug-likeness (QED) is 0.584. The Bertz CT molecular complexity index is 641. The highest BCUT2D eigenvalue weighted by atomic mass is 32.1. The average Bonchev–Trinajstić information content (AvgIpc) is 2.35. The Hall–Kier alpha value is -1.55. The fourth-order valence-corrected chi connectivity index (χ4v) is 2.74. The van der Waals surface area contributed by atoms with Gasteiger partial charge < -0.3 is 4.74 Å². The molecule has 1 heterocycles. The number of rotatable bonds is 0. The maximum absolute atomic E-state index is 12.1. The van der Waals surface area contributed by atoms with Crippen molar-refractivity contribution in [3.05, 3.63) is 34.9 Å². The second kappa shape index (κ2) is 3.97. The van der Waals surface area contributed by atoms with Crippen LogP contribution in [0.1, 0.15) is 42.6 Å². The molecule has 1 aromatic carbocycles. The van der Waals surface area contributed by atoms with E-state index < -0.39 is 11.6 Å². The highest BCUT2D eigenvalue weighted by molar-refractivity contribution is 7.80. The molecule has 0 aromatic heterocycles. The monoisotopic (exact) mass is 274 g/mol. The molecule has 3 rings (SSSR count). The van der Waals surface area contributed by atoms with Crippen LogP contribution in [0, 0.1) is 0 Å². The zero-order chi connectivity index (χ0) is 13.8. The molecule has 3 nitrogen and oxygen atoms in total. The molecule has 0 spiro atoms. The zero-order valence-corrected chi connectivity index (χ0v) is 11.7. The van der Waals surface area contributed by atoms with Crippen molar-refractivity contribution in [1.82, 2.24) is 0 Å². The van der Waals surface area contributed by atoms with E-state index in [1.165, 1.54) is 0 Å². The summed E-state index contributed by atoms with van der Waals surface area (Å²) in [6, 6.07) is 5.24. The molecule has 0 N–H and O–H groups in total. The summed E-state index contributed by atoms with van der Waals surface area (Å²) in [5.41, 5.74) is 1.32. The van der Waals surface area contributed by atoms with Gasteiger partial charge in [-0.1, -0.05) is 0 Å². The first-order chi connectivity index (χ1) is 8.89. The standard InChI is InChI=1S/C15H14O3S/c1-15(2)6-5-10-12(16)13(17)11-7-8(19)3-4-9(11)14(10)18-15/h3-4,7,19H,5-6H2,1-2H3. The molecule has 1 aliphatic carbocycles. The summed E-state index contributed by atoms with van der Waals surface area (Å²) in [7, 11) is 0. The molecule has 19 heavy (non-hydrogen) atoms. The van der Waals surface area contributed by atoms with Gasteiger partial charge in [0.25, 0.3) is 0 Å². The van der Waals surface area contributed by atoms with Crippen LogP contribution < -0.4 is 0 Å². The van der Waals surface area contributed by atoms with Crippen LogP contribution in [0.5, 0.6) is 0 Å². The van der Waals surface area contributed by atoms with E-state index in [1.807, 2.05) is 13.8 Å². The normalized spacial score (nSPS) is 20.8. The lowest BCUT2D eigenvalue weighted by molar-refractivity contribution is -0.112. The van der Waals surface area contributed by atoms with E-state index in [0.29, 0.717) is 33.8 Å². The average molecular weight is 274 g/mol. The van der Waals surface area contributed by atoms with Crippen molar-refractivity contribution >= 4 is 30.0 Å². The number of hydrogen-bond acceptors (Lipinski definition) is 4. The van der Waals surface area contributed by atoms with Crippen molar-refractivity contribution in [2.45, 2.75) is 37.2 Å². The van der Waals surface area contributed by atoms with E-state index in [2.05, 4.69) is 12.6 Å². The van der Waals surface area contributed by atoms with Gasteiger partial charge in [0, 0.05) is 21.6 Å². The first-order valence-electron chi connectivity index (χ1n) is 6.24. The number of carbonyl (C=O) groups excluding carboxylic acids is 2. The maximum atomic E-state index is 12.1. The molecular formula is C15H14O3S. The molecule has 2 aliphatic rings. The summed E-state index contributed by atoms with van der Waals surface area (Å²) in [5.74, 6) is -0.311. The molecule has 0 atom stereocenters. The number of fused-ring (bicyclic) bond motifs is 2. The highest BCUT2D eigenvalue weighted by Gasteiger charge is 2.39. The summed E-state index contributed by atoms with van der Waals surface area (Å²) >= 11 is 4.22. The molecule has 0 saturated heterocycles. The van der Waals surface area contributed by atoms with Gasteiger partial charge in [-0.05, 0) is 44.9 Å². The number of hydrogen-bond donors (Lipinski definition) is 1. The fraction of sp³-hybridized carbons (Fsp3) is 0.333. The van der Waals surface area contributed by atoms with Gasteiger partial charge in [-0.2, -0.15) is 0 Å². The van der Waals surface area contributed by atoms with Crippen molar-refractivity contribution in [1.29, 1.82) is 0 Å². The lowest BCUT2D eigenvalue weighted by atomic mass is 9.82. The molecule has 1 aromatic rings. The van der Waals surface area contributed by atoms with Crippen molar-refractivity contribution in [2.75, 3.05) is 0 Å². The van der Waals surface area contributed by atoms with Crippen molar-refractivity contribution in [2.24, 2.45) is 0 Å². The Morgan fingerprint density at radius 1 is 1.16 bits per heavy atom. The minimum Gasteiger partial charge on any atom is -0.487 e. The molecule has 4 heteroatoms. The lowest BCUT2D eigenvalue weighted by Crippen LogP contribution is -2.34. The van der Waals surface area contributed by atoms with Crippen LogP contribution in [0.4, 0.5) is 0 Å². The Balaban J connectivity index is 2.23. The molecule has 98 valence electrons. The van der Waals surface area contributed by atoms with Gasteiger partial charge in [-0.15, -0.1) is 12.6 Å². The molecule has 0 bridgehead atoms. The predicted octanol–water partition coefficient (Wildman–Crippen LogP) is 3.04. The van der Waals surface area contributed by atoms with E-state index >= 15 is 0 Å². The largest absolute Gasteiger partial charge is 0.487 e. The fourth-order valence-electron chi connectivity index (χ4n) is 2.54. The molecule has 0 saturated carbocycles. The topological polar surface area (TPSA) is 43.4 Å². The minimum atomic E-state index is -0.451. The number of allylic oxidation sites excluding steroid dienone is 1. The minimum absolute atomic E-state index is 0.309. The van der Waals surface area contributed by atoms with Crippen LogP contribution in [0.3, 0.4) is 0 Å². The third kappa shape index (κ3) is 1.91. The van der Waals surface area contributed by atoms with Crippen LogP contribution in [-0.4, -0.2) is 17.2 Å². The van der Waals surface area contributed by atoms with E-state index in [0.717, 1.165) is 6.42 Å². The Morgan fingerprint density at radius 2 is 1.89 bits per heavy atom. The Labute approximate surface area is 117 Å². The van der Waals surface area contributed by atoms with Gasteiger partial charge in [0.05, 0.1) is 0 Å². The second-order valence-corrected chi connectivity index (χ2v) is 6.07. The first kappa shape index (κ1) is 12.5. The zero-order valence-electron chi connectivity index (χ0n) is 10.8. The number of ketones is 2. The Kier molecular flexibility index (Phi) is 2.61. The van der Waals surface area contributed by atoms with E-state index in [-0.39, 0.29) is 5.60 Å². The van der Waals surface area contributed by atoms with Gasteiger partial charge in [-0.3, -0.25) is 9.59 Å². The van der Waals surface area contributed by atoms with Gasteiger partial charge >= 0.3 is 0 Å². The van der Waals surface area contributed by atoms with Gasteiger partial charge in [0.2, 0.25) is 11.6 Å². The lowest BCUT2D eigenvalue weighted by Gasteiger charge is -2.36. The van der Waals surface area contributed by atoms with Crippen LogP contribution in [0.2, 0.25) is 0 Å². The number of thiol groups is 1. The first-order valence-corrected chi connectivity index (χ1v) is 6.68. The maximum Gasteiger partial charge on any atom is 0.234 e. The van der Waals surface area contributed by atoms with Crippen molar-refractivity contribution < 1.29 is 14.3 Å². The Morgan fingerprint density at radius 3 is 2.63 bits per heavy atom. The number of ether oxygens (including phenoxy) is 1. The smallest absolute Gasteiger partial charge is 0.234 e. The summed E-state index contributed by atoms with van der Waals surface area (Å²) in [4.78, 5) is 24.9. The third-order valence-electron chi connectivity index (χ3n) is 3.60. The van der Waals surface area contributed by atoms with Crippen LogP contribution in [0.25, 0.3) is 5.76 Å². The molecule has 0 fully saturated rings. The van der Waals surface area contributed by atoms with Gasteiger partial charge in [0.1, 0.15) is 11.4 Å². The van der Waals surface area contributed by atoms with Crippen molar-refractivity contribution in [3.63, 3.8) is 0 Å². The summed E-state index contributed by atoms with van der Waals surface area (Å²) in [6.07, 6.45) is 1.33. The summed E-state index contributed by atoms with van der Waals surface area (Å²) in [6.45, 7) is 3.98. The van der Waals surface area contributed by atoms with E-state index in [1.54, 1.807) is 18.2 Å². The summed E-state index contributed by atoms with van der Waals surface area (Å²) < 4.78 is 5.94.